The number of aromatic nitrogens is 1. The Morgan fingerprint density at radius 2 is 2.17 bits per heavy atom. The van der Waals surface area contributed by atoms with Crippen molar-refractivity contribution < 1.29 is 0 Å². The molecule has 1 N–H and O–H groups in total. The quantitative estimate of drug-likeness (QED) is 0.903. The Morgan fingerprint density at radius 3 is 3.00 bits per heavy atom. The van der Waals surface area contributed by atoms with Crippen LogP contribution >= 0.6 is 11.3 Å². The van der Waals surface area contributed by atoms with Crippen LogP contribution < -0.4 is 5.32 Å². The second kappa shape index (κ2) is 4.31. The number of hydrogen-bond acceptors (Lipinski definition) is 3. The monoisotopic (exact) mass is 262 g/mol. The van der Waals surface area contributed by atoms with Crippen molar-refractivity contribution in [1.29, 1.82) is 0 Å². The molecule has 3 saturated carbocycles. The molecular formula is C15H22N2S. The Balaban J connectivity index is 1.39. The molecule has 0 amide bonds. The fourth-order valence-corrected chi connectivity index (χ4v) is 5.73. The molecule has 1 aromatic rings. The van der Waals surface area contributed by atoms with Gasteiger partial charge < -0.3 is 5.32 Å². The molecule has 3 heteroatoms. The SMILES string of the molecule is Cc1csc(CNC2CC3CC2C2CCCC32)n1. The first-order valence-corrected chi connectivity index (χ1v) is 8.33. The molecule has 1 heterocycles. The molecule has 0 radical (unpaired) electrons. The summed E-state index contributed by atoms with van der Waals surface area (Å²) in [5.41, 5.74) is 1.17. The summed E-state index contributed by atoms with van der Waals surface area (Å²) in [6, 6.07) is 0.790. The van der Waals surface area contributed by atoms with Crippen LogP contribution in [-0.2, 0) is 6.54 Å². The maximum Gasteiger partial charge on any atom is 0.107 e. The topological polar surface area (TPSA) is 24.9 Å². The van der Waals surface area contributed by atoms with Gasteiger partial charge in [-0.05, 0) is 56.3 Å². The van der Waals surface area contributed by atoms with Crippen LogP contribution in [0.2, 0.25) is 0 Å². The zero-order valence-corrected chi connectivity index (χ0v) is 11.9. The third-order valence-electron chi connectivity index (χ3n) is 5.61. The van der Waals surface area contributed by atoms with Crippen molar-refractivity contribution in [3.63, 3.8) is 0 Å². The van der Waals surface area contributed by atoms with E-state index in [0.717, 1.165) is 36.3 Å². The van der Waals surface area contributed by atoms with E-state index in [1.54, 1.807) is 11.3 Å². The number of nitrogens with one attached hydrogen (secondary N) is 1. The van der Waals surface area contributed by atoms with Crippen LogP contribution in [0.1, 0.15) is 42.8 Å². The van der Waals surface area contributed by atoms with Gasteiger partial charge in [0.25, 0.3) is 0 Å². The maximum absolute atomic E-state index is 4.56. The maximum atomic E-state index is 4.56. The summed E-state index contributed by atoms with van der Waals surface area (Å²) >= 11 is 1.80. The highest BCUT2D eigenvalue weighted by molar-refractivity contribution is 7.09. The Hall–Kier alpha value is -0.410. The van der Waals surface area contributed by atoms with Crippen molar-refractivity contribution in [3.8, 4) is 0 Å². The van der Waals surface area contributed by atoms with Gasteiger partial charge >= 0.3 is 0 Å². The lowest BCUT2D eigenvalue weighted by molar-refractivity contribution is 0.208. The largest absolute Gasteiger partial charge is 0.307 e. The molecule has 0 aromatic carbocycles. The van der Waals surface area contributed by atoms with Gasteiger partial charge in [0.2, 0.25) is 0 Å². The highest BCUT2D eigenvalue weighted by atomic mass is 32.1. The van der Waals surface area contributed by atoms with E-state index in [-0.39, 0.29) is 0 Å². The molecule has 5 unspecified atom stereocenters. The average molecular weight is 262 g/mol. The lowest BCUT2D eigenvalue weighted by atomic mass is 9.79. The van der Waals surface area contributed by atoms with Gasteiger partial charge in [-0.25, -0.2) is 4.98 Å². The van der Waals surface area contributed by atoms with E-state index in [9.17, 15) is 0 Å². The average Bonchev–Trinajstić information content (AvgIpc) is 3.08. The molecule has 3 fully saturated rings. The van der Waals surface area contributed by atoms with Gasteiger partial charge in [-0.1, -0.05) is 6.42 Å². The van der Waals surface area contributed by atoms with Crippen LogP contribution in [0.4, 0.5) is 0 Å². The molecule has 2 nitrogen and oxygen atoms in total. The van der Waals surface area contributed by atoms with E-state index in [1.807, 2.05) is 0 Å². The van der Waals surface area contributed by atoms with Gasteiger partial charge in [-0.2, -0.15) is 0 Å². The first-order valence-electron chi connectivity index (χ1n) is 7.45. The Kier molecular flexibility index (Phi) is 2.73. The molecule has 1 aromatic heterocycles. The van der Waals surface area contributed by atoms with Crippen molar-refractivity contribution in [1.82, 2.24) is 10.3 Å². The third-order valence-corrected chi connectivity index (χ3v) is 6.58. The van der Waals surface area contributed by atoms with E-state index in [1.165, 1.54) is 42.8 Å². The summed E-state index contributed by atoms with van der Waals surface area (Å²) in [5.74, 6) is 4.22. The molecule has 0 aliphatic heterocycles. The van der Waals surface area contributed by atoms with Gasteiger partial charge in [0.05, 0.1) is 0 Å². The van der Waals surface area contributed by atoms with Gasteiger partial charge in [-0.3, -0.25) is 0 Å². The van der Waals surface area contributed by atoms with Gasteiger partial charge in [0.1, 0.15) is 5.01 Å². The summed E-state index contributed by atoms with van der Waals surface area (Å²) in [6.45, 7) is 3.07. The summed E-state index contributed by atoms with van der Waals surface area (Å²) in [7, 11) is 0. The summed E-state index contributed by atoms with van der Waals surface area (Å²) in [4.78, 5) is 4.56. The summed E-state index contributed by atoms with van der Waals surface area (Å²) < 4.78 is 0. The fraction of sp³-hybridized carbons (Fsp3) is 0.800. The normalized spacial score (nSPS) is 41.5. The Labute approximate surface area is 113 Å². The number of fused-ring (bicyclic) bond motifs is 5. The molecule has 0 spiro atoms. The van der Waals surface area contributed by atoms with Crippen molar-refractivity contribution in [2.45, 2.75) is 51.6 Å². The standard InChI is InChI=1S/C15H22N2S/c1-9-8-18-15(17-9)7-16-14-6-10-5-13(14)12-4-2-3-11(10)12/h8,10-14,16H,2-7H2,1H3. The van der Waals surface area contributed by atoms with E-state index < -0.39 is 0 Å². The van der Waals surface area contributed by atoms with Crippen LogP contribution in [-0.4, -0.2) is 11.0 Å². The van der Waals surface area contributed by atoms with Crippen LogP contribution in [0.15, 0.2) is 5.38 Å². The second-order valence-corrected chi connectivity index (χ2v) is 7.47. The lowest BCUT2D eigenvalue weighted by Crippen LogP contribution is -2.38. The number of aryl methyl sites for hydroxylation is 1. The van der Waals surface area contributed by atoms with Crippen LogP contribution in [0.5, 0.6) is 0 Å². The summed E-state index contributed by atoms with van der Waals surface area (Å²) in [6.07, 6.45) is 7.51. The molecule has 4 rings (SSSR count). The number of hydrogen-bond donors (Lipinski definition) is 1. The van der Waals surface area contributed by atoms with E-state index in [0.29, 0.717) is 0 Å². The lowest BCUT2D eigenvalue weighted by Gasteiger charge is -2.32. The van der Waals surface area contributed by atoms with Crippen LogP contribution in [0.25, 0.3) is 0 Å². The molecule has 18 heavy (non-hydrogen) atoms. The molecule has 98 valence electrons. The minimum atomic E-state index is 0.790. The molecule has 5 atom stereocenters. The molecule has 0 saturated heterocycles. The molecule has 3 aliphatic carbocycles. The second-order valence-electron chi connectivity index (χ2n) is 6.52. The van der Waals surface area contributed by atoms with E-state index in [2.05, 4.69) is 22.6 Å². The van der Waals surface area contributed by atoms with Crippen LogP contribution in [0, 0.1) is 30.6 Å². The van der Waals surface area contributed by atoms with Gasteiger partial charge in [-0.15, -0.1) is 11.3 Å². The van der Waals surface area contributed by atoms with Crippen molar-refractivity contribution >= 4 is 11.3 Å². The minimum absolute atomic E-state index is 0.790. The van der Waals surface area contributed by atoms with Crippen molar-refractivity contribution in [2.75, 3.05) is 0 Å². The smallest absolute Gasteiger partial charge is 0.107 e. The number of nitrogens with zero attached hydrogens (tertiary/aromatic N) is 1. The zero-order valence-electron chi connectivity index (χ0n) is 11.1. The molecule has 2 bridgehead atoms. The zero-order chi connectivity index (χ0) is 12.1. The highest BCUT2D eigenvalue weighted by Crippen LogP contribution is 2.58. The fourth-order valence-electron chi connectivity index (χ4n) is 5.01. The number of thiazole rings is 1. The highest BCUT2D eigenvalue weighted by Gasteiger charge is 2.53. The van der Waals surface area contributed by atoms with Crippen LogP contribution in [0.3, 0.4) is 0 Å². The minimum Gasteiger partial charge on any atom is -0.307 e. The van der Waals surface area contributed by atoms with Crippen molar-refractivity contribution in [2.24, 2.45) is 23.7 Å². The third kappa shape index (κ3) is 1.75. The first-order chi connectivity index (χ1) is 8.81. The van der Waals surface area contributed by atoms with Gasteiger partial charge in [0, 0.05) is 23.7 Å². The molecule has 3 aliphatic rings. The van der Waals surface area contributed by atoms with Gasteiger partial charge in [0.15, 0.2) is 0 Å². The van der Waals surface area contributed by atoms with E-state index in [4.69, 9.17) is 0 Å². The summed E-state index contributed by atoms with van der Waals surface area (Å²) in [5, 5.41) is 7.22. The predicted octanol–water partition coefficient (Wildman–Crippen LogP) is 3.37. The Morgan fingerprint density at radius 1 is 1.28 bits per heavy atom. The number of rotatable bonds is 3. The molecular weight excluding hydrogens is 240 g/mol. The van der Waals surface area contributed by atoms with Crippen molar-refractivity contribution in [3.05, 3.63) is 16.1 Å². The first kappa shape index (κ1) is 11.4. The Bertz CT molecular complexity index is 441. The predicted molar refractivity (Wildman–Crippen MR) is 74.5 cm³/mol. The van der Waals surface area contributed by atoms with E-state index >= 15 is 0 Å².